The molecule has 1 amide bonds. The summed E-state index contributed by atoms with van der Waals surface area (Å²) in [6.07, 6.45) is 1.90. The maximum atomic E-state index is 12.6. The van der Waals surface area contributed by atoms with Gasteiger partial charge in [-0.1, -0.05) is 12.1 Å². The van der Waals surface area contributed by atoms with Crippen molar-refractivity contribution in [2.45, 2.75) is 32.4 Å². The zero-order chi connectivity index (χ0) is 21.7. The van der Waals surface area contributed by atoms with Crippen molar-refractivity contribution in [1.82, 2.24) is 14.9 Å². The SMILES string of the molecule is CCn1c(N)c(C(=O)CNc2ccccc2C(=O)NC[C@@H]2CCCO2)c(=O)[nH]c1=O. The minimum Gasteiger partial charge on any atom is -0.384 e. The molecule has 3 rings (SSSR count). The molecule has 5 N–H and O–H groups in total. The van der Waals surface area contributed by atoms with Crippen molar-refractivity contribution in [3.63, 3.8) is 0 Å². The molecule has 10 heteroatoms. The van der Waals surface area contributed by atoms with Crippen molar-refractivity contribution in [2.75, 3.05) is 30.7 Å². The number of aromatic nitrogens is 2. The van der Waals surface area contributed by atoms with Gasteiger partial charge in [0.1, 0.15) is 11.4 Å². The molecular weight excluding hydrogens is 390 g/mol. The van der Waals surface area contributed by atoms with Gasteiger partial charge in [0, 0.05) is 25.4 Å². The highest BCUT2D eigenvalue weighted by Crippen LogP contribution is 2.16. The summed E-state index contributed by atoms with van der Waals surface area (Å²) in [6, 6.07) is 6.74. The van der Waals surface area contributed by atoms with E-state index in [0.717, 1.165) is 17.4 Å². The van der Waals surface area contributed by atoms with Gasteiger partial charge in [-0.2, -0.15) is 0 Å². The number of ether oxygens (including phenoxy) is 1. The lowest BCUT2D eigenvalue weighted by Crippen LogP contribution is -2.37. The number of para-hydroxylation sites is 1. The van der Waals surface area contributed by atoms with Crippen molar-refractivity contribution >= 4 is 23.2 Å². The van der Waals surface area contributed by atoms with Crippen molar-refractivity contribution in [3.8, 4) is 0 Å². The van der Waals surface area contributed by atoms with E-state index in [1.807, 2.05) is 0 Å². The average Bonchev–Trinajstić information content (AvgIpc) is 3.24. The third-order valence-electron chi connectivity index (χ3n) is 4.96. The molecular formula is C20H25N5O5. The number of nitrogens with zero attached hydrogens (tertiary/aromatic N) is 1. The van der Waals surface area contributed by atoms with E-state index in [1.54, 1.807) is 31.2 Å². The maximum absolute atomic E-state index is 12.6. The van der Waals surface area contributed by atoms with Crippen LogP contribution in [0.5, 0.6) is 0 Å². The molecule has 1 aromatic heterocycles. The van der Waals surface area contributed by atoms with Crippen LogP contribution in [0.2, 0.25) is 0 Å². The van der Waals surface area contributed by atoms with Gasteiger partial charge in [-0.05, 0) is 31.9 Å². The molecule has 30 heavy (non-hydrogen) atoms. The average molecular weight is 415 g/mol. The summed E-state index contributed by atoms with van der Waals surface area (Å²) in [5.41, 5.74) is 4.87. The molecule has 160 valence electrons. The molecule has 0 bridgehead atoms. The highest BCUT2D eigenvalue weighted by molar-refractivity contribution is 6.04. The first-order valence-corrected chi connectivity index (χ1v) is 9.80. The fourth-order valence-corrected chi connectivity index (χ4v) is 3.38. The Hall–Kier alpha value is -3.40. The van der Waals surface area contributed by atoms with Gasteiger partial charge < -0.3 is 21.1 Å². The van der Waals surface area contributed by atoms with Gasteiger partial charge in [-0.3, -0.25) is 23.9 Å². The fourth-order valence-electron chi connectivity index (χ4n) is 3.38. The standard InChI is InChI=1S/C20H25N5O5/c1-2-25-17(21)16(19(28)24-20(25)29)15(26)11-22-14-8-4-3-7-13(14)18(27)23-10-12-6-5-9-30-12/h3-4,7-8,12,22H,2,5-6,9-11,21H2,1H3,(H,23,27)(H,24,28,29)/t12-/m0/s1. The molecule has 0 aliphatic carbocycles. The number of hydrogen-bond donors (Lipinski definition) is 4. The fraction of sp³-hybridized carbons (Fsp3) is 0.400. The van der Waals surface area contributed by atoms with Crippen LogP contribution in [0.1, 0.15) is 40.5 Å². The van der Waals surface area contributed by atoms with E-state index in [-0.39, 0.29) is 36.5 Å². The van der Waals surface area contributed by atoms with Crippen LogP contribution in [-0.2, 0) is 11.3 Å². The zero-order valence-corrected chi connectivity index (χ0v) is 16.7. The van der Waals surface area contributed by atoms with E-state index in [2.05, 4.69) is 15.6 Å². The number of carbonyl (C=O) groups is 2. The minimum atomic E-state index is -0.836. The number of benzene rings is 1. The largest absolute Gasteiger partial charge is 0.384 e. The Labute approximate surface area is 172 Å². The van der Waals surface area contributed by atoms with Crippen molar-refractivity contribution in [1.29, 1.82) is 0 Å². The summed E-state index contributed by atoms with van der Waals surface area (Å²) in [5, 5.41) is 5.73. The molecule has 2 aromatic rings. The molecule has 1 fully saturated rings. The quantitative estimate of drug-likeness (QED) is 0.454. The van der Waals surface area contributed by atoms with Crippen LogP contribution < -0.4 is 27.6 Å². The Balaban J connectivity index is 1.72. The van der Waals surface area contributed by atoms with Crippen LogP contribution in [0, 0.1) is 0 Å². The zero-order valence-electron chi connectivity index (χ0n) is 16.7. The van der Waals surface area contributed by atoms with Crippen LogP contribution in [0.25, 0.3) is 0 Å². The normalized spacial score (nSPS) is 15.7. The lowest BCUT2D eigenvalue weighted by Gasteiger charge is -2.14. The molecule has 1 aliphatic heterocycles. The molecule has 10 nitrogen and oxygen atoms in total. The highest BCUT2D eigenvalue weighted by atomic mass is 16.5. The summed E-state index contributed by atoms with van der Waals surface area (Å²) in [6.45, 7) is 2.73. The van der Waals surface area contributed by atoms with Gasteiger partial charge in [-0.25, -0.2) is 4.79 Å². The summed E-state index contributed by atoms with van der Waals surface area (Å²) >= 11 is 0. The molecule has 0 radical (unpaired) electrons. The highest BCUT2D eigenvalue weighted by Gasteiger charge is 2.20. The van der Waals surface area contributed by atoms with E-state index < -0.39 is 17.0 Å². The molecule has 1 aliphatic rings. The number of nitrogen functional groups attached to an aromatic ring is 1. The first-order valence-electron chi connectivity index (χ1n) is 9.80. The Morgan fingerprint density at radius 3 is 2.77 bits per heavy atom. The van der Waals surface area contributed by atoms with Crippen LogP contribution in [0.15, 0.2) is 33.9 Å². The second-order valence-corrected chi connectivity index (χ2v) is 6.93. The van der Waals surface area contributed by atoms with E-state index in [1.165, 1.54) is 0 Å². The van der Waals surface area contributed by atoms with E-state index >= 15 is 0 Å². The predicted octanol–water partition coefficient (Wildman–Crippen LogP) is 0.342. The van der Waals surface area contributed by atoms with E-state index in [4.69, 9.17) is 10.5 Å². The number of nitrogens with two attached hydrogens (primary N) is 1. The smallest absolute Gasteiger partial charge is 0.329 e. The molecule has 1 atom stereocenters. The van der Waals surface area contributed by atoms with Crippen LogP contribution in [0.4, 0.5) is 11.5 Å². The van der Waals surface area contributed by atoms with E-state index in [0.29, 0.717) is 24.4 Å². The second-order valence-electron chi connectivity index (χ2n) is 6.93. The molecule has 2 heterocycles. The van der Waals surface area contributed by atoms with Gasteiger partial charge in [-0.15, -0.1) is 0 Å². The number of rotatable bonds is 8. The first-order chi connectivity index (χ1) is 14.4. The van der Waals surface area contributed by atoms with Crippen molar-refractivity contribution in [3.05, 3.63) is 56.2 Å². The van der Waals surface area contributed by atoms with E-state index in [9.17, 15) is 19.2 Å². The van der Waals surface area contributed by atoms with Gasteiger partial charge >= 0.3 is 5.69 Å². The molecule has 0 spiro atoms. The van der Waals surface area contributed by atoms with Crippen molar-refractivity contribution < 1.29 is 14.3 Å². The predicted molar refractivity (Wildman–Crippen MR) is 112 cm³/mol. The number of anilines is 2. The number of aromatic amines is 1. The number of H-pyrrole nitrogens is 1. The topological polar surface area (TPSA) is 148 Å². The minimum absolute atomic E-state index is 0.0135. The van der Waals surface area contributed by atoms with Crippen LogP contribution in [0.3, 0.4) is 0 Å². The molecule has 0 unspecified atom stereocenters. The summed E-state index contributed by atoms with van der Waals surface area (Å²) < 4.78 is 6.62. The number of nitrogens with one attached hydrogen (secondary N) is 3. The number of carbonyl (C=O) groups excluding carboxylic acids is 2. The number of hydrogen-bond acceptors (Lipinski definition) is 7. The molecule has 1 aromatic carbocycles. The lowest BCUT2D eigenvalue weighted by atomic mass is 10.1. The Morgan fingerprint density at radius 2 is 2.07 bits per heavy atom. The second kappa shape index (κ2) is 9.40. The third kappa shape index (κ3) is 4.60. The van der Waals surface area contributed by atoms with Crippen molar-refractivity contribution in [2.24, 2.45) is 0 Å². The third-order valence-corrected chi connectivity index (χ3v) is 4.96. The summed E-state index contributed by atoms with van der Waals surface area (Å²) in [5.74, 6) is -1.07. The monoisotopic (exact) mass is 415 g/mol. The van der Waals surface area contributed by atoms with Gasteiger partial charge in [0.2, 0.25) is 0 Å². The van der Waals surface area contributed by atoms with Gasteiger partial charge in [0.15, 0.2) is 5.78 Å². The lowest BCUT2D eigenvalue weighted by molar-refractivity contribution is 0.0858. The maximum Gasteiger partial charge on any atom is 0.329 e. The number of Topliss-reactive ketones (excluding diaryl/α,β-unsaturated/α-hetero) is 1. The van der Waals surface area contributed by atoms with Crippen LogP contribution >= 0.6 is 0 Å². The molecule has 0 saturated carbocycles. The Morgan fingerprint density at radius 1 is 1.30 bits per heavy atom. The Kier molecular flexibility index (Phi) is 6.68. The molecule has 1 saturated heterocycles. The number of ketones is 1. The van der Waals surface area contributed by atoms with Crippen LogP contribution in [-0.4, -0.2) is 47.0 Å². The first kappa shape index (κ1) is 21.3. The van der Waals surface area contributed by atoms with Gasteiger partial charge in [0.25, 0.3) is 11.5 Å². The summed E-state index contributed by atoms with van der Waals surface area (Å²) in [4.78, 5) is 51.1. The summed E-state index contributed by atoms with van der Waals surface area (Å²) in [7, 11) is 0. The Bertz CT molecular complexity index is 1050. The number of amides is 1. The van der Waals surface area contributed by atoms with Gasteiger partial charge in [0.05, 0.1) is 18.2 Å².